The highest BCUT2D eigenvalue weighted by Gasteiger charge is 2.11. The Hall–Kier alpha value is -1.77. The Morgan fingerprint density at radius 3 is 2.79 bits per heavy atom. The number of nitrogens with zero attached hydrogens (tertiary/aromatic N) is 2. The molecule has 3 heteroatoms. The van der Waals surface area contributed by atoms with Crippen LogP contribution in [0.25, 0.3) is 10.9 Å². The summed E-state index contributed by atoms with van der Waals surface area (Å²) in [6.45, 7) is 5.31. The van der Waals surface area contributed by atoms with Gasteiger partial charge in [-0.15, -0.1) is 0 Å². The van der Waals surface area contributed by atoms with Crippen molar-refractivity contribution in [2.24, 2.45) is 0 Å². The quantitative estimate of drug-likeness (QED) is 0.816. The van der Waals surface area contributed by atoms with Crippen LogP contribution in [0.4, 0.5) is 5.69 Å². The van der Waals surface area contributed by atoms with Crippen molar-refractivity contribution >= 4 is 16.6 Å². The number of hydrogen-bond donors (Lipinski definition) is 0. The molecule has 102 valence electrons. The fourth-order valence-electron chi connectivity index (χ4n) is 2.32. The molecule has 0 aliphatic heterocycles. The average Bonchev–Trinajstić information content (AvgIpc) is 2.43. The number of benzene rings is 1. The number of fused-ring (bicyclic) bond motifs is 1. The van der Waals surface area contributed by atoms with Crippen molar-refractivity contribution in [3.8, 4) is 5.75 Å². The van der Waals surface area contributed by atoms with Crippen LogP contribution >= 0.6 is 0 Å². The number of anilines is 1. The molecule has 1 aromatic carbocycles. The highest BCUT2D eigenvalue weighted by atomic mass is 16.5. The minimum absolute atomic E-state index is 0.839. The van der Waals surface area contributed by atoms with Gasteiger partial charge in [-0.3, -0.25) is 0 Å². The monoisotopic (exact) mass is 258 g/mol. The number of aromatic nitrogens is 1. The third-order valence-electron chi connectivity index (χ3n) is 3.39. The molecular formula is C16H22N2O. The molecule has 2 aromatic rings. The molecule has 0 aliphatic carbocycles. The standard InChI is InChI=1S/C16H22N2O/c1-5-6-10-18(3)14-11-12(2)17-16-13(14)8-7-9-15(16)19-4/h7-9,11H,5-6,10H2,1-4H3. The number of methoxy groups -OCH3 is 1. The summed E-state index contributed by atoms with van der Waals surface area (Å²) in [6.07, 6.45) is 2.40. The van der Waals surface area contributed by atoms with Gasteiger partial charge in [-0.25, -0.2) is 4.98 Å². The van der Waals surface area contributed by atoms with Crippen molar-refractivity contribution in [3.63, 3.8) is 0 Å². The lowest BCUT2D eigenvalue weighted by molar-refractivity contribution is 0.419. The van der Waals surface area contributed by atoms with Crippen LogP contribution < -0.4 is 9.64 Å². The van der Waals surface area contributed by atoms with Crippen LogP contribution in [0.5, 0.6) is 5.75 Å². The zero-order valence-corrected chi connectivity index (χ0v) is 12.2. The van der Waals surface area contributed by atoms with Gasteiger partial charge < -0.3 is 9.64 Å². The molecule has 0 saturated heterocycles. The van der Waals surface area contributed by atoms with Crippen LogP contribution in [-0.4, -0.2) is 25.7 Å². The van der Waals surface area contributed by atoms with Gasteiger partial charge >= 0.3 is 0 Å². The summed E-state index contributed by atoms with van der Waals surface area (Å²) < 4.78 is 5.42. The molecule has 0 spiro atoms. The summed E-state index contributed by atoms with van der Waals surface area (Å²) >= 11 is 0. The van der Waals surface area contributed by atoms with E-state index in [1.807, 2.05) is 19.1 Å². The lowest BCUT2D eigenvalue weighted by Gasteiger charge is -2.21. The van der Waals surface area contributed by atoms with Gasteiger partial charge in [-0.1, -0.05) is 25.5 Å². The summed E-state index contributed by atoms with van der Waals surface area (Å²) in [5, 5.41) is 1.16. The molecule has 3 nitrogen and oxygen atoms in total. The van der Waals surface area contributed by atoms with Gasteiger partial charge in [-0.2, -0.15) is 0 Å². The van der Waals surface area contributed by atoms with Gasteiger partial charge in [0.15, 0.2) is 0 Å². The Balaban J connectivity index is 2.54. The molecule has 19 heavy (non-hydrogen) atoms. The van der Waals surface area contributed by atoms with E-state index in [1.165, 1.54) is 18.5 Å². The van der Waals surface area contributed by atoms with Gasteiger partial charge in [0.25, 0.3) is 0 Å². The van der Waals surface area contributed by atoms with Crippen LogP contribution in [0.1, 0.15) is 25.5 Å². The molecule has 0 unspecified atom stereocenters. The first-order valence-electron chi connectivity index (χ1n) is 6.83. The van der Waals surface area contributed by atoms with Crippen molar-refractivity contribution in [2.45, 2.75) is 26.7 Å². The van der Waals surface area contributed by atoms with Gasteiger partial charge in [0, 0.05) is 30.4 Å². The SMILES string of the molecule is CCCCN(C)c1cc(C)nc2c(OC)cccc12. The summed E-state index contributed by atoms with van der Waals surface area (Å²) in [4.78, 5) is 6.92. The molecule has 0 amide bonds. The molecule has 2 rings (SSSR count). The summed E-state index contributed by atoms with van der Waals surface area (Å²) in [6, 6.07) is 8.25. The second-order valence-electron chi connectivity index (χ2n) is 4.91. The molecule has 0 fully saturated rings. The molecule has 1 heterocycles. The van der Waals surface area contributed by atoms with Gasteiger partial charge in [-0.05, 0) is 25.5 Å². The number of ether oxygens (including phenoxy) is 1. The second-order valence-corrected chi connectivity index (χ2v) is 4.91. The van der Waals surface area contributed by atoms with E-state index in [0.717, 1.165) is 28.9 Å². The van der Waals surface area contributed by atoms with Crippen molar-refractivity contribution in [3.05, 3.63) is 30.0 Å². The van der Waals surface area contributed by atoms with Crippen LogP contribution in [0, 0.1) is 6.92 Å². The second kappa shape index (κ2) is 5.91. The number of pyridine rings is 1. The predicted molar refractivity (Wildman–Crippen MR) is 81.2 cm³/mol. The summed E-state index contributed by atoms with van der Waals surface area (Å²) in [5.41, 5.74) is 3.20. The Kier molecular flexibility index (Phi) is 4.25. The number of hydrogen-bond acceptors (Lipinski definition) is 3. The number of unbranched alkanes of at least 4 members (excludes halogenated alkanes) is 1. The van der Waals surface area contributed by atoms with Crippen LogP contribution in [-0.2, 0) is 0 Å². The normalized spacial score (nSPS) is 10.7. The molecule has 0 saturated carbocycles. The van der Waals surface area contributed by atoms with Gasteiger partial charge in [0.05, 0.1) is 7.11 Å². The third kappa shape index (κ3) is 2.80. The van der Waals surface area contributed by atoms with E-state index in [9.17, 15) is 0 Å². The van der Waals surface area contributed by atoms with E-state index < -0.39 is 0 Å². The Morgan fingerprint density at radius 2 is 2.11 bits per heavy atom. The minimum Gasteiger partial charge on any atom is -0.494 e. The summed E-state index contributed by atoms with van der Waals surface area (Å²) in [7, 11) is 3.84. The first kappa shape index (κ1) is 13.7. The van der Waals surface area contributed by atoms with E-state index in [2.05, 4.69) is 36.0 Å². The van der Waals surface area contributed by atoms with Crippen LogP contribution in [0.15, 0.2) is 24.3 Å². The lowest BCUT2D eigenvalue weighted by Crippen LogP contribution is -2.19. The first-order valence-corrected chi connectivity index (χ1v) is 6.83. The molecule has 1 aromatic heterocycles. The van der Waals surface area contributed by atoms with Crippen molar-refractivity contribution in [1.82, 2.24) is 4.98 Å². The predicted octanol–water partition coefficient (Wildman–Crippen LogP) is 3.79. The lowest BCUT2D eigenvalue weighted by atomic mass is 10.1. The fourth-order valence-corrected chi connectivity index (χ4v) is 2.32. The Bertz CT molecular complexity index is 566. The van der Waals surface area contributed by atoms with E-state index in [4.69, 9.17) is 4.74 Å². The minimum atomic E-state index is 0.839. The van der Waals surface area contributed by atoms with Gasteiger partial charge in [0.1, 0.15) is 11.3 Å². The third-order valence-corrected chi connectivity index (χ3v) is 3.39. The highest BCUT2D eigenvalue weighted by Crippen LogP contribution is 2.31. The molecule has 0 bridgehead atoms. The highest BCUT2D eigenvalue weighted by molar-refractivity contribution is 5.95. The molecule has 0 aliphatic rings. The molecule has 0 N–H and O–H groups in total. The molecule has 0 atom stereocenters. The van der Waals surface area contributed by atoms with Crippen molar-refractivity contribution in [2.75, 3.05) is 25.6 Å². The maximum absolute atomic E-state index is 5.42. The largest absolute Gasteiger partial charge is 0.494 e. The zero-order valence-electron chi connectivity index (χ0n) is 12.2. The Morgan fingerprint density at radius 1 is 1.32 bits per heavy atom. The van der Waals surface area contributed by atoms with E-state index >= 15 is 0 Å². The maximum atomic E-state index is 5.42. The average molecular weight is 258 g/mol. The van der Waals surface area contributed by atoms with Gasteiger partial charge in [0.2, 0.25) is 0 Å². The number of para-hydroxylation sites is 1. The number of aryl methyl sites for hydroxylation is 1. The number of rotatable bonds is 5. The molecule has 0 radical (unpaired) electrons. The van der Waals surface area contributed by atoms with Crippen LogP contribution in [0.3, 0.4) is 0 Å². The van der Waals surface area contributed by atoms with E-state index in [-0.39, 0.29) is 0 Å². The van der Waals surface area contributed by atoms with Crippen LogP contribution in [0.2, 0.25) is 0 Å². The smallest absolute Gasteiger partial charge is 0.145 e. The van der Waals surface area contributed by atoms with E-state index in [0.29, 0.717) is 0 Å². The van der Waals surface area contributed by atoms with E-state index in [1.54, 1.807) is 7.11 Å². The fraction of sp³-hybridized carbons (Fsp3) is 0.438. The maximum Gasteiger partial charge on any atom is 0.145 e. The topological polar surface area (TPSA) is 25.4 Å². The molecular weight excluding hydrogens is 236 g/mol. The van der Waals surface area contributed by atoms with Crippen molar-refractivity contribution in [1.29, 1.82) is 0 Å². The Labute approximate surface area is 115 Å². The summed E-state index contributed by atoms with van der Waals surface area (Å²) in [5.74, 6) is 0.839. The van der Waals surface area contributed by atoms with Crippen molar-refractivity contribution < 1.29 is 4.74 Å². The first-order chi connectivity index (χ1) is 9.17. The zero-order chi connectivity index (χ0) is 13.8.